The van der Waals surface area contributed by atoms with E-state index in [2.05, 4.69) is 0 Å². The van der Waals surface area contributed by atoms with Gasteiger partial charge in [-0.2, -0.15) is 0 Å². The Hall–Kier alpha value is -2.21. The predicted octanol–water partition coefficient (Wildman–Crippen LogP) is 3.17. The standard InChI is InChI=1S/C14H12N2O3S/c1-9-5-6-13(20-9)14(17)15-8-7-10-11(15)3-2-4-12(10)16(18)19/h2-6H,7-8H2,1H3. The number of rotatable bonds is 2. The molecule has 0 fully saturated rings. The molecule has 0 saturated heterocycles. The van der Waals surface area contributed by atoms with Gasteiger partial charge in [0.05, 0.1) is 21.1 Å². The highest BCUT2D eigenvalue weighted by Gasteiger charge is 2.31. The number of hydrogen-bond donors (Lipinski definition) is 0. The number of aryl methyl sites for hydroxylation is 1. The van der Waals surface area contributed by atoms with E-state index < -0.39 is 0 Å². The van der Waals surface area contributed by atoms with Crippen molar-refractivity contribution in [2.45, 2.75) is 13.3 Å². The predicted molar refractivity (Wildman–Crippen MR) is 77.5 cm³/mol. The van der Waals surface area contributed by atoms with E-state index in [1.807, 2.05) is 13.0 Å². The quantitative estimate of drug-likeness (QED) is 0.630. The molecule has 0 atom stereocenters. The zero-order valence-electron chi connectivity index (χ0n) is 10.8. The van der Waals surface area contributed by atoms with Crippen molar-refractivity contribution in [1.82, 2.24) is 0 Å². The molecule has 1 aromatic heterocycles. The van der Waals surface area contributed by atoms with Gasteiger partial charge in [-0.15, -0.1) is 11.3 Å². The number of nitro benzene ring substituents is 1. The lowest BCUT2D eigenvalue weighted by molar-refractivity contribution is -0.385. The first-order chi connectivity index (χ1) is 9.58. The van der Waals surface area contributed by atoms with Gasteiger partial charge in [0.15, 0.2) is 0 Å². The molecule has 0 saturated carbocycles. The highest BCUT2D eigenvalue weighted by atomic mass is 32.1. The van der Waals surface area contributed by atoms with Crippen molar-refractivity contribution in [3.05, 3.63) is 55.8 Å². The summed E-state index contributed by atoms with van der Waals surface area (Å²) < 4.78 is 0. The minimum Gasteiger partial charge on any atom is -0.307 e. The van der Waals surface area contributed by atoms with Crippen LogP contribution in [0.2, 0.25) is 0 Å². The Morgan fingerprint density at radius 3 is 2.80 bits per heavy atom. The van der Waals surface area contributed by atoms with Crippen molar-refractivity contribution in [3.63, 3.8) is 0 Å². The summed E-state index contributed by atoms with van der Waals surface area (Å²) in [6.45, 7) is 2.44. The van der Waals surface area contributed by atoms with Crippen molar-refractivity contribution >= 4 is 28.6 Å². The Labute approximate surface area is 119 Å². The fourth-order valence-corrected chi connectivity index (χ4v) is 3.30. The number of nitro groups is 1. The van der Waals surface area contributed by atoms with E-state index in [9.17, 15) is 14.9 Å². The SMILES string of the molecule is Cc1ccc(C(=O)N2CCc3c2cccc3[N+](=O)[O-])s1. The summed E-state index contributed by atoms with van der Waals surface area (Å²) >= 11 is 1.44. The largest absolute Gasteiger partial charge is 0.307 e. The molecule has 1 aromatic carbocycles. The Morgan fingerprint density at radius 1 is 1.35 bits per heavy atom. The number of carbonyl (C=O) groups is 1. The molecule has 2 heterocycles. The van der Waals surface area contributed by atoms with Crippen molar-refractivity contribution in [1.29, 1.82) is 0 Å². The van der Waals surface area contributed by atoms with Gasteiger partial charge in [0.2, 0.25) is 0 Å². The Bertz CT molecular complexity index is 708. The number of anilines is 1. The molecule has 0 aliphatic carbocycles. The normalized spacial score (nSPS) is 13.3. The third-order valence-electron chi connectivity index (χ3n) is 3.40. The number of benzene rings is 1. The third-order valence-corrected chi connectivity index (χ3v) is 4.38. The summed E-state index contributed by atoms with van der Waals surface area (Å²) in [7, 11) is 0. The van der Waals surface area contributed by atoms with Crippen LogP contribution in [0, 0.1) is 17.0 Å². The van der Waals surface area contributed by atoms with Crippen LogP contribution in [0.4, 0.5) is 11.4 Å². The molecule has 1 aliphatic rings. The summed E-state index contributed by atoms with van der Waals surface area (Å²) in [5, 5.41) is 11.0. The van der Waals surface area contributed by atoms with Gasteiger partial charge in [0.25, 0.3) is 11.6 Å². The molecule has 1 aliphatic heterocycles. The number of fused-ring (bicyclic) bond motifs is 1. The van der Waals surface area contributed by atoms with Crippen LogP contribution < -0.4 is 4.90 Å². The van der Waals surface area contributed by atoms with E-state index in [1.165, 1.54) is 17.4 Å². The average molecular weight is 288 g/mol. The number of carbonyl (C=O) groups excluding carboxylic acids is 1. The van der Waals surface area contributed by atoms with E-state index >= 15 is 0 Å². The second-order valence-corrected chi connectivity index (χ2v) is 5.94. The Kier molecular flexibility index (Phi) is 3.02. The highest BCUT2D eigenvalue weighted by molar-refractivity contribution is 7.14. The van der Waals surface area contributed by atoms with Crippen LogP contribution in [0.5, 0.6) is 0 Å². The average Bonchev–Trinajstić information content (AvgIpc) is 3.03. The van der Waals surface area contributed by atoms with Gasteiger partial charge in [-0.25, -0.2) is 0 Å². The first kappa shape index (κ1) is 12.8. The molecule has 0 unspecified atom stereocenters. The number of amides is 1. The number of thiophene rings is 1. The van der Waals surface area contributed by atoms with E-state index in [-0.39, 0.29) is 16.5 Å². The summed E-state index contributed by atoms with van der Waals surface area (Å²) in [6.07, 6.45) is 0.530. The van der Waals surface area contributed by atoms with E-state index in [0.29, 0.717) is 29.1 Å². The van der Waals surface area contributed by atoms with Gasteiger partial charge < -0.3 is 4.90 Å². The first-order valence-corrected chi connectivity index (χ1v) is 7.04. The van der Waals surface area contributed by atoms with Gasteiger partial charge in [-0.05, 0) is 31.5 Å². The lowest BCUT2D eigenvalue weighted by Gasteiger charge is -2.16. The second kappa shape index (κ2) is 4.72. The molecule has 20 heavy (non-hydrogen) atoms. The minimum absolute atomic E-state index is 0.0812. The molecule has 0 N–H and O–H groups in total. The molecule has 102 valence electrons. The number of hydrogen-bond acceptors (Lipinski definition) is 4. The van der Waals surface area contributed by atoms with Crippen LogP contribution in [0.1, 0.15) is 20.1 Å². The molecule has 2 aromatic rings. The lowest BCUT2D eigenvalue weighted by Crippen LogP contribution is -2.28. The topological polar surface area (TPSA) is 63.5 Å². The highest BCUT2D eigenvalue weighted by Crippen LogP contribution is 2.36. The zero-order valence-corrected chi connectivity index (χ0v) is 11.6. The van der Waals surface area contributed by atoms with E-state index in [1.54, 1.807) is 23.1 Å². The van der Waals surface area contributed by atoms with Gasteiger partial charge in [0.1, 0.15) is 0 Å². The second-order valence-electron chi connectivity index (χ2n) is 4.65. The fourth-order valence-electron chi connectivity index (χ4n) is 2.48. The third kappa shape index (κ3) is 1.98. The van der Waals surface area contributed by atoms with Crippen molar-refractivity contribution in [2.75, 3.05) is 11.4 Å². The van der Waals surface area contributed by atoms with Gasteiger partial charge in [0, 0.05) is 17.5 Å². The smallest absolute Gasteiger partial charge is 0.274 e. The molecule has 1 amide bonds. The molecular formula is C14H12N2O3S. The van der Waals surface area contributed by atoms with Crippen LogP contribution >= 0.6 is 11.3 Å². The Morgan fingerprint density at radius 2 is 2.15 bits per heavy atom. The Balaban J connectivity index is 1.99. The molecular weight excluding hydrogens is 276 g/mol. The molecule has 0 bridgehead atoms. The summed E-state index contributed by atoms with van der Waals surface area (Å²) in [4.78, 5) is 26.5. The molecule has 0 spiro atoms. The van der Waals surface area contributed by atoms with Gasteiger partial charge >= 0.3 is 0 Å². The van der Waals surface area contributed by atoms with Gasteiger partial charge in [-0.3, -0.25) is 14.9 Å². The fraction of sp³-hybridized carbons (Fsp3) is 0.214. The maximum Gasteiger partial charge on any atom is 0.274 e. The zero-order chi connectivity index (χ0) is 14.3. The van der Waals surface area contributed by atoms with Crippen LogP contribution in [0.25, 0.3) is 0 Å². The van der Waals surface area contributed by atoms with Crippen LogP contribution in [0.15, 0.2) is 30.3 Å². The van der Waals surface area contributed by atoms with Crippen molar-refractivity contribution < 1.29 is 9.72 Å². The van der Waals surface area contributed by atoms with Crippen molar-refractivity contribution in [3.8, 4) is 0 Å². The maximum atomic E-state index is 12.5. The molecule has 3 rings (SSSR count). The molecule has 5 nitrogen and oxygen atoms in total. The van der Waals surface area contributed by atoms with Crippen molar-refractivity contribution in [2.24, 2.45) is 0 Å². The summed E-state index contributed by atoms with van der Waals surface area (Å²) in [5.41, 5.74) is 1.41. The number of nitrogens with zero attached hydrogens (tertiary/aromatic N) is 2. The first-order valence-electron chi connectivity index (χ1n) is 6.22. The van der Waals surface area contributed by atoms with E-state index in [0.717, 1.165) is 4.88 Å². The minimum atomic E-state index is -0.387. The van der Waals surface area contributed by atoms with Crippen LogP contribution in [-0.2, 0) is 6.42 Å². The van der Waals surface area contributed by atoms with Crippen LogP contribution in [0.3, 0.4) is 0 Å². The molecule has 0 radical (unpaired) electrons. The monoisotopic (exact) mass is 288 g/mol. The summed E-state index contributed by atoms with van der Waals surface area (Å²) in [6, 6.07) is 8.60. The van der Waals surface area contributed by atoms with E-state index in [4.69, 9.17) is 0 Å². The summed E-state index contributed by atoms with van der Waals surface area (Å²) in [5.74, 6) is -0.0812. The lowest BCUT2D eigenvalue weighted by atomic mass is 10.1. The maximum absolute atomic E-state index is 12.5. The van der Waals surface area contributed by atoms with Crippen LogP contribution in [-0.4, -0.2) is 17.4 Å². The molecule has 6 heteroatoms. The van der Waals surface area contributed by atoms with Gasteiger partial charge in [-0.1, -0.05) is 6.07 Å².